The first-order chi connectivity index (χ1) is 10.2. The minimum Gasteiger partial charge on any atom is -0.484 e. The van der Waals surface area contributed by atoms with Crippen LogP contribution in [-0.4, -0.2) is 23.7 Å². The maximum absolute atomic E-state index is 11.9. The fraction of sp³-hybridized carbons (Fsp3) is 0.588. The van der Waals surface area contributed by atoms with E-state index in [0.717, 1.165) is 36.8 Å². The molecule has 0 heterocycles. The van der Waals surface area contributed by atoms with Gasteiger partial charge >= 0.3 is 0 Å². The number of hydrogen-bond acceptors (Lipinski definition) is 3. The number of aryl methyl sites for hydroxylation is 1. The van der Waals surface area contributed by atoms with Crippen LogP contribution in [0.1, 0.15) is 55.8 Å². The van der Waals surface area contributed by atoms with E-state index in [1.807, 2.05) is 18.2 Å². The first-order valence-electron chi connectivity index (χ1n) is 7.95. The van der Waals surface area contributed by atoms with Crippen LogP contribution in [-0.2, 0) is 11.2 Å². The number of hydrogen-bond donors (Lipinski definition) is 2. The Kier molecular flexibility index (Phi) is 4.44. The lowest BCUT2D eigenvalue weighted by Gasteiger charge is -2.22. The van der Waals surface area contributed by atoms with Gasteiger partial charge < -0.3 is 15.2 Å². The van der Waals surface area contributed by atoms with E-state index < -0.39 is 0 Å². The van der Waals surface area contributed by atoms with E-state index in [1.54, 1.807) is 0 Å². The quantitative estimate of drug-likeness (QED) is 0.895. The summed E-state index contributed by atoms with van der Waals surface area (Å²) in [7, 11) is 0. The first-order valence-corrected chi connectivity index (χ1v) is 7.95. The molecule has 1 fully saturated rings. The summed E-state index contributed by atoms with van der Waals surface area (Å²) in [6.07, 6.45) is 7.18. The molecule has 0 saturated heterocycles. The lowest BCUT2D eigenvalue weighted by molar-refractivity contribution is -0.124. The molecule has 1 aromatic carbocycles. The molecule has 4 heteroatoms. The summed E-state index contributed by atoms with van der Waals surface area (Å²) >= 11 is 0. The topological polar surface area (TPSA) is 58.6 Å². The summed E-state index contributed by atoms with van der Waals surface area (Å²) in [6.45, 7) is 0.0673. The monoisotopic (exact) mass is 289 g/mol. The highest BCUT2D eigenvalue weighted by Crippen LogP contribution is 2.33. The lowest BCUT2D eigenvalue weighted by atomic mass is 9.95. The zero-order chi connectivity index (χ0) is 14.7. The van der Waals surface area contributed by atoms with E-state index in [9.17, 15) is 9.90 Å². The van der Waals surface area contributed by atoms with Crippen molar-refractivity contribution in [1.82, 2.24) is 5.32 Å². The molecule has 1 atom stereocenters. The van der Waals surface area contributed by atoms with E-state index >= 15 is 0 Å². The fourth-order valence-corrected chi connectivity index (χ4v) is 3.33. The minimum absolute atomic E-state index is 0.0394. The average molecular weight is 289 g/mol. The molecule has 2 N–H and O–H groups in total. The highest BCUT2D eigenvalue weighted by Gasteiger charge is 2.20. The predicted molar refractivity (Wildman–Crippen MR) is 80.2 cm³/mol. The Morgan fingerprint density at radius 1 is 1.24 bits per heavy atom. The van der Waals surface area contributed by atoms with E-state index in [0.29, 0.717) is 11.8 Å². The Balaban J connectivity index is 1.49. The van der Waals surface area contributed by atoms with Gasteiger partial charge in [0.2, 0.25) is 0 Å². The number of carbonyl (C=O) groups excluding carboxylic acids is 1. The molecule has 1 saturated carbocycles. The van der Waals surface area contributed by atoms with Crippen molar-refractivity contribution in [2.75, 3.05) is 6.61 Å². The van der Waals surface area contributed by atoms with Crippen molar-refractivity contribution in [3.05, 3.63) is 29.3 Å². The molecule has 4 nitrogen and oxygen atoms in total. The molecule has 114 valence electrons. The van der Waals surface area contributed by atoms with E-state index in [1.165, 1.54) is 19.3 Å². The second-order valence-electron chi connectivity index (χ2n) is 6.11. The average Bonchev–Trinajstić information content (AvgIpc) is 2.87. The van der Waals surface area contributed by atoms with Gasteiger partial charge in [0, 0.05) is 6.04 Å². The molecular weight excluding hydrogens is 266 g/mol. The molecule has 0 bridgehead atoms. The number of amides is 1. The van der Waals surface area contributed by atoms with Crippen LogP contribution >= 0.6 is 0 Å². The van der Waals surface area contributed by atoms with Crippen molar-refractivity contribution in [2.45, 2.75) is 57.1 Å². The Morgan fingerprint density at radius 3 is 2.86 bits per heavy atom. The molecule has 0 spiro atoms. The second kappa shape index (κ2) is 6.48. The summed E-state index contributed by atoms with van der Waals surface area (Å²) in [5.74, 6) is 0.670. The van der Waals surface area contributed by atoms with Crippen LogP contribution < -0.4 is 10.1 Å². The molecule has 2 aliphatic rings. The summed E-state index contributed by atoms with van der Waals surface area (Å²) in [5, 5.41) is 12.8. The Labute approximate surface area is 125 Å². The molecule has 0 aliphatic heterocycles. The molecule has 0 aromatic heterocycles. The van der Waals surface area contributed by atoms with Gasteiger partial charge in [-0.25, -0.2) is 0 Å². The van der Waals surface area contributed by atoms with E-state index in [2.05, 4.69) is 5.32 Å². The number of ether oxygens (including phenoxy) is 1. The van der Waals surface area contributed by atoms with Gasteiger partial charge in [0.15, 0.2) is 6.61 Å². The van der Waals surface area contributed by atoms with Gasteiger partial charge in [0.05, 0.1) is 6.10 Å². The summed E-state index contributed by atoms with van der Waals surface area (Å²) in [4.78, 5) is 11.9. The normalized spacial score (nSPS) is 21.9. The van der Waals surface area contributed by atoms with Crippen molar-refractivity contribution in [3.63, 3.8) is 0 Å². The molecule has 0 unspecified atom stereocenters. The van der Waals surface area contributed by atoms with E-state index in [-0.39, 0.29) is 18.6 Å². The molecule has 0 radical (unpaired) electrons. The third-order valence-corrected chi connectivity index (χ3v) is 4.50. The Morgan fingerprint density at radius 2 is 2.05 bits per heavy atom. The summed E-state index contributed by atoms with van der Waals surface area (Å²) in [6, 6.07) is 6.01. The smallest absolute Gasteiger partial charge is 0.258 e. The molecule has 21 heavy (non-hydrogen) atoms. The van der Waals surface area contributed by atoms with Crippen molar-refractivity contribution in [3.8, 4) is 5.75 Å². The largest absolute Gasteiger partial charge is 0.484 e. The standard InChI is InChI=1S/C17H23NO3/c19-16-9-6-12-10-14(7-8-15(12)16)21-11-17(20)18-13-4-2-1-3-5-13/h7-8,10,13,16,19H,1-6,9,11H2,(H,18,20)/t16-/m0/s1. The molecule has 3 rings (SSSR count). The van der Waals surface area contributed by atoms with Gasteiger partial charge in [-0.3, -0.25) is 4.79 Å². The highest BCUT2D eigenvalue weighted by atomic mass is 16.5. The maximum atomic E-state index is 11.9. The number of fused-ring (bicyclic) bond motifs is 1. The van der Waals surface area contributed by atoms with Gasteiger partial charge in [-0.2, -0.15) is 0 Å². The van der Waals surface area contributed by atoms with Crippen LogP contribution in [0.2, 0.25) is 0 Å². The van der Waals surface area contributed by atoms with Crippen molar-refractivity contribution in [2.24, 2.45) is 0 Å². The van der Waals surface area contributed by atoms with Crippen molar-refractivity contribution in [1.29, 1.82) is 0 Å². The van der Waals surface area contributed by atoms with E-state index in [4.69, 9.17) is 4.74 Å². The Bertz CT molecular complexity index is 509. The van der Waals surface area contributed by atoms with Crippen LogP contribution in [0.5, 0.6) is 5.75 Å². The highest BCUT2D eigenvalue weighted by molar-refractivity contribution is 5.77. The van der Waals surface area contributed by atoms with Gasteiger partial charge in [0.1, 0.15) is 5.75 Å². The van der Waals surface area contributed by atoms with Crippen LogP contribution in [0.15, 0.2) is 18.2 Å². The number of rotatable bonds is 4. The van der Waals surface area contributed by atoms with Gasteiger partial charge in [0.25, 0.3) is 5.91 Å². The third kappa shape index (κ3) is 3.56. The number of aliphatic hydroxyl groups excluding tert-OH is 1. The van der Waals surface area contributed by atoms with Crippen LogP contribution in [0, 0.1) is 0 Å². The fourth-order valence-electron chi connectivity index (χ4n) is 3.33. The zero-order valence-corrected chi connectivity index (χ0v) is 12.3. The SMILES string of the molecule is O=C(COc1ccc2c(c1)CC[C@@H]2O)NC1CCCCC1. The van der Waals surface area contributed by atoms with Crippen molar-refractivity contribution < 1.29 is 14.6 Å². The summed E-state index contributed by atoms with van der Waals surface area (Å²) < 4.78 is 5.58. The second-order valence-corrected chi connectivity index (χ2v) is 6.11. The summed E-state index contributed by atoms with van der Waals surface area (Å²) in [5.41, 5.74) is 2.13. The molecule has 2 aliphatic carbocycles. The maximum Gasteiger partial charge on any atom is 0.258 e. The third-order valence-electron chi connectivity index (χ3n) is 4.50. The minimum atomic E-state index is -0.344. The van der Waals surface area contributed by atoms with Crippen molar-refractivity contribution >= 4 is 5.91 Å². The number of carbonyl (C=O) groups is 1. The molecular formula is C17H23NO3. The van der Waals surface area contributed by atoms with Gasteiger partial charge in [-0.05, 0) is 48.9 Å². The van der Waals surface area contributed by atoms with Crippen LogP contribution in [0.3, 0.4) is 0 Å². The molecule has 1 amide bonds. The number of aliphatic hydroxyl groups is 1. The number of benzene rings is 1. The first kappa shape index (κ1) is 14.4. The number of nitrogens with one attached hydrogen (secondary N) is 1. The van der Waals surface area contributed by atoms with Gasteiger partial charge in [-0.15, -0.1) is 0 Å². The zero-order valence-electron chi connectivity index (χ0n) is 12.3. The van der Waals surface area contributed by atoms with Crippen LogP contribution in [0.4, 0.5) is 0 Å². The van der Waals surface area contributed by atoms with Crippen LogP contribution in [0.25, 0.3) is 0 Å². The Hall–Kier alpha value is -1.55. The molecule has 1 aromatic rings. The lowest BCUT2D eigenvalue weighted by Crippen LogP contribution is -2.38. The predicted octanol–water partition coefficient (Wildman–Crippen LogP) is 2.49. The van der Waals surface area contributed by atoms with Gasteiger partial charge in [-0.1, -0.05) is 25.3 Å².